The second kappa shape index (κ2) is 6.32. The standard InChI is InChI=1S/C20H19N3O/c24-20(17-5-7-19(8-6-17)23-9-1-2-10-23)22-13-15-11-18(14-21-12-15)16-3-4-16/h1-2,5-12,14,16H,3-4,13H2,(H,22,24). The zero-order valence-corrected chi connectivity index (χ0v) is 13.4. The van der Waals surface area contributed by atoms with Crippen molar-refractivity contribution in [1.29, 1.82) is 0 Å². The van der Waals surface area contributed by atoms with Gasteiger partial charge in [-0.25, -0.2) is 0 Å². The second-order valence-electron chi connectivity index (χ2n) is 6.22. The number of nitrogens with one attached hydrogen (secondary N) is 1. The van der Waals surface area contributed by atoms with Crippen LogP contribution in [0.4, 0.5) is 0 Å². The van der Waals surface area contributed by atoms with E-state index in [2.05, 4.69) is 16.4 Å². The number of hydrogen-bond acceptors (Lipinski definition) is 2. The highest BCUT2D eigenvalue weighted by Gasteiger charge is 2.23. The van der Waals surface area contributed by atoms with E-state index in [-0.39, 0.29) is 5.91 Å². The summed E-state index contributed by atoms with van der Waals surface area (Å²) in [6, 6.07) is 13.7. The lowest BCUT2D eigenvalue weighted by Gasteiger charge is -2.08. The van der Waals surface area contributed by atoms with Crippen LogP contribution in [0.3, 0.4) is 0 Å². The lowest BCUT2D eigenvalue weighted by atomic mass is 10.1. The fourth-order valence-electron chi connectivity index (χ4n) is 2.82. The summed E-state index contributed by atoms with van der Waals surface area (Å²) in [6.07, 6.45) is 10.2. The van der Waals surface area contributed by atoms with E-state index in [0.29, 0.717) is 18.0 Å². The fraction of sp³-hybridized carbons (Fsp3) is 0.200. The Hall–Kier alpha value is -2.88. The maximum absolute atomic E-state index is 12.3. The molecular formula is C20H19N3O. The van der Waals surface area contributed by atoms with E-state index >= 15 is 0 Å². The van der Waals surface area contributed by atoms with Gasteiger partial charge < -0.3 is 9.88 Å². The number of aromatic nitrogens is 2. The number of hydrogen-bond donors (Lipinski definition) is 1. The Balaban J connectivity index is 1.40. The van der Waals surface area contributed by atoms with Crippen molar-refractivity contribution < 1.29 is 4.79 Å². The molecule has 1 aromatic carbocycles. The van der Waals surface area contributed by atoms with Crippen LogP contribution in [0.15, 0.2) is 67.3 Å². The van der Waals surface area contributed by atoms with Crippen molar-refractivity contribution in [3.05, 3.63) is 83.9 Å². The van der Waals surface area contributed by atoms with Crippen LogP contribution in [0.2, 0.25) is 0 Å². The largest absolute Gasteiger partial charge is 0.348 e. The highest BCUT2D eigenvalue weighted by molar-refractivity contribution is 5.94. The van der Waals surface area contributed by atoms with Crippen LogP contribution in [0, 0.1) is 0 Å². The monoisotopic (exact) mass is 317 g/mol. The summed E-state index contributed by atoms with van der Waals surface area (Å²) in [4.78, 5) is 16.6. The van der Waals surface area contributed by atoms with Gasteiger partial charge in [-0.3, -0.25) is 9.78 Å². The van der Waals surface area contributed by atoms with Crippen molar-refractivity contribution in [3.8, 4) is 5.69 Å². The van der Waals surface area contributed by atoms with Gasteiger partial charge >= 0.3 is 0 Å². The Bertz CT molecular complexity index is 834. The Morgan fingerprint density at radius 2 is 1.88 bits per heavy atom. The van der Waals surface area contributed by atoms with E-state index in [4.69, 9.17) is 0 Å². The van der Waals surface area contributed by atoms with E-state index in [9.17, 15) is 4.79 Å². The van der Waals surface area contributed by atoms with Gasteiger partial charge in [-0.15, -0.1) is 0 Å². The minimum atomic E-state index is -0.0640. The normalized spacial score (nSPS) is 13.7. The smallest absolute Gasteiger partial charge is 0.251 e. The van der Waals surface area contributed by atoms with Gasteiger partial charge in [-0.05, 0) is 66.3 Å². The van der Waals surface area contributed by atoms with Crippen LogP contribution in [-0.2, 0) is 6.54 Å². The molecule has 0 spiro atoms. The zero-order valence-electron chi connectivity index (χ0n) is 13.4. The van der Waals surface area contributed by atoms with Gasteiger partial charge in [0.15, 0.2) is 0 Å². The zero-order chi connectivity index (χ0) is 16.4. The third kappa shape index (κ3) is 3.23. The van der Waals surface area contributed by atoms with E-state index in [1.54, 1.807) is 0 Å². The van der Waals surface area contributed by atoms with Gasteiger partial charge in [0.25, 0.3) is 5.91 Å². The second-order valence-corrected chi connectivity index (χ2v) is 6.22. The molecule has 2 heterocycles. The molecule has 1 fully saturated rings. The molecule has 4 nitrogen and oxygen atoms in total. The van der Waals surface area contributed by atoms with Crippen molar-refractivity contribution in [2.45, 2.75) is 25.3 Å². The van der Waals surface area contributed by atoms with E-state index in [1.165, 1.54) is 18.4 Å². The topological polar surface area (TPSA) is 46.9 Å². The lowest BCUT2D eigenvalue weighted by molar-refractivity contribution is 0.0951. The van der Waals surface area contributed by atoms with Crippen LogP contribution in [0.1, 0.15) is 40.2 Å². The van der Waals surface area contributed by atoms with Gasteiger partial charge in [0.2, 0.25) is 0 Å². The number of amides is 1. The highest BCUT2D eigenvalue weighted by Crippen LogP contribution is 2.39. The molecular weight excluding hydrogens is 298 g/mol. The molecule has 0 bridgehead atoms. The molecule has 1 N–H and O–H groups in total. The third-order valence-electron chi connectivity index (χ3n) is 4.35. The molecule has 1 amide bonds. The fourth-order valence-corrected chi connectivity index (χ4v) is 2.82. The molecule has 0 aliphatic heterocycles. The molecule has 0 atom stereocenters. The van der Waals surface area contributed by atoms with Crippen molar-refractivity contribution in [1.82, 2.24) is 14.9 Å². The molecule has 0 saturated heterocycles. The van der Waals surface area contributed by atoms with E-state index in [0.717, 1.165) is 11.3 Å². The lowest BCUT2D eigenvalue weighted by Crippen LogP contribution is -2.22. The first-order chi connectivity index (χ1) is 11.8. The SMILES string of the molecule is O=C(NCc1cncc(C2CC2)c1)c1ccc(-n2cccc2)cc1. The first-order valence-electron chi connectivity index (χ1n) is 8.25. The molecule has 1 saturated carbocycles. The Morgan fingerprint density at radius 1 is 1.12 bits per heavy atom. The minimum Gasteiger partial charge on any atom is -0.348 e. The van der Waals surface area contributed by atoms with Crippen LogP contribution in [-0.4, -0.2) is 15.5 Å². The quantitative estimate of drug-likeness (QED) is 0.780. The summed E-state index contributed by atoms with van der Waals surface area (Å²) in [5.74, 6) is 0.611. The molecule has 120 valence electrons. The Kier molecular flexibility index (Phi) is 3.87. The molecule has 0 unspecified atom stereocenters. The van der Waals surface area contributed by atoms with E-state index < -0.39 is 0 Å². The number of nitrogens with zero attached hydrogens (tertiary/aromatic N) is 2. The van der Waals surface area contributed by atoms with E-state index in [1.807, 2.05) is 65.8 Å². The van der Waals surface area contributed by atoms with Gasteiger partial charge in [0, 0.05) is 42.6 Å². The van der Waals surface area contributed by atoms with Gasteiger partial charge in [-0.2, -0.15) is 0 Å². The molecule has 4 heteroatoms. The van der Waals surface area contributed by atoms with Gasteiger partial charge in [-0.1, -0.05) is 6.07 Å². The summed E-state index contributed by atoms with van der Waals surface area (Å²) in [7, 11) is 0. The van der Waals surface area contributed by atoms with Crippen molar-refractivity contribution in [2.24, 2.45) is 0 Å². The summed E-state index contributed by atoms with van der Waals surface area (Å²) < 4.78 is 2.01. The van der Waals surface area contributed by atoms with Crippen LogP contribution >= 0.6 is 0 Å². The number of rotatable bonds is 5. The highest BCUT2D eigenvalue weighted by atomic mass is 16.1. The molecule has 4 rings (SSSR count). The number of carbonyl (C=O) groups excluding carboxylic acids is 1. The first kappa shape index (κ1) is 14.7. The summed E-state index contributed by atoms with van der Waals surface area (Å²) >= 11 is 0. The van der Waals surface area contributed by atoms with Gasteiger partial charge in [0.1, 0.15) is 0 Å². The number of pyridine rings is 1. The summed E-state index contributed by atoms with van der Waals surface area (Å²) in [5, 5.41) is 2.97. The maximum Gasteiger partial charge on any atom is 0.251 e. The third-order valence-corrected chi connectivity index (χ3v) is 4.35. The Morgan fingerprint density at radius 3 is 2.58 bits per heavy atom. The molecule has 3 aromatic rings. The number of carbonyl (C=O) groups is 1. The predicted molar refractivity (Wildman–Crippen MR) is 93.2 cm³/mol. The molecule has 1 aliphatic rings. The van der Waals surface area contributed by atoms with Crippen LogP contribution < -0.4 is 5.32 Å². The predicted octanol–water partition coefficient (Wildman–Crippen LogP) is 3.68. The first-order valence-corrected chi connectivity index (χ1v) is 8.25. The number of benzene rings is 1. The summed E-state index contributed by atoms with van der Waals surface area (Å²) in [6.45, 7) is 0.506. The van der Waals surface area contributed by atoms with Crippen LogP contribution in [0.25, 0.3) is 5.69 Å². The molecule has 0 radical (unpaired) electrons. The Labute approximate surface area is 141 Å². The van der Waals surface area contributed by atoms with Crippen LogP contribution in [0.5, 0.6) is 0 Å². The minimum absolute atomic E-state index is 0.0640. The molecule has 24 heavy (non-hydrogen) atoms. The average molecular weight is 317 g/mol. The van der Waals surface area contributed by atoms with Crippen molar-refractivity contribution in [3.63, 3.8) is 0 Å². The summed E-state index contributed by atoms with van der Waals surface area (Å²) in [5.41, 5.74) is 4.05. The molecule has 2 aromatic heterocycles. The molecule has 1 aliphatic carbocycles. The maximum atomic E-state index is 12.3. The van der Waals surface area contributed by atoms with Crippen molar-refractivity contribution >= 4 is 5.91 Å². The average Bonchev–Trinajstić information content (AvgIpc) is 3.34. The van der Waals surface area contributed by atoms with Crippen molar-refractivity contribution in [2.75, 3.05) is 0 Å². The van der Waals surface area contributed by atoms with Gasteiger partial charge in [0.05, 0.1) is 0 Å².